The summed E-state index contributed by atoms with van der Waals surface area (Å²) < 4.78 is 12.9. The second-order valence-electron chi connectivity index (χ2n) is 2.22. The van der Waals surface area contributed by atoms with Crippen LogP contribution >= 0.6 is 11.6 Å². The molecule has 0 saturated heterocycles. The molecule has 0 spiro atoms. The third kappa shape index (κ3) is 1.93. The molecule has 0 aliphatic rings. The number of benzene rings is 1. The predicted molar refractivity (Wildman–Crippen MR) is 45.8 cm³/mol. The van der Waals surface area contributed by atoms with Crippen molar-refractivity contribution >= 4 is 29.1 Å². The third-order valence-electron chi connectivity index (χ3n) is 1.38. The summed E-state index contributed by atoms with van der Waals surface area (Å²) in [6.45, 7) is 0. The average Bonchev–Trinajstić information content (AvgIpc) is 2.09. The summed E-state index contributed by atoms with van der Waals surface area (Å²) in [5.41, 5.74) is -0.974. The summed E-state index contributed by atoms with van der Waals surface area (Å²) in [4.78, 5) is 22.3. The number of nitrogens with zero attached hydrogens (tertiary/aromatic N) is 2. The fraction of sp³-hybridized carbons (Fsp3) is 0. The first kappa shape index (κ1) is 10.3. The first-order chi connectivity index (χ1) is 6.56. The summed E-state index contributed by atoms with van der Waals surface area (Å²) >= 11 is 5.37. The van der Waals surface area contributed by atoms with Gasteiger partial charge in [0.15, 0.2) is 5.82 Å². The van der Waals surface area contributed by atoms with Crippen molar-refractivity contribution < 1.29 is 14.1 Å². The lowest BCUT2D eigenvalue weighted by molar-refractivity contribution is -0.384. The Morgan fingerprint density at radius 2 is 2.21 bits per heavy atom. The van der Waals surface area contributed by atoms with E-state index >= 15 is 0 Å². The Balaban J connectivity index is 3.41. The molecular weight excluding hydrogens is 215 g/mol. The standard InChI is InChI=1S/C7H2ClFN2O3/c8-4-1-5(9)6(10-3-12)2-7(4)11(13)14/h1-2H. The topological polar surface area (TPSA) is 72.6 Å². The zero-order valence-corrected chi connectivity index (χ0v) is 7.29. The minimum Gasteiger partial charge on any atom is -0.258 e. The van der Waals surface area contributed by atoms with Gasteiger partial charge in [0.05, 0.1) is 4.92 Å². The number of hydrogen-bond donors (Lipinski definition) is 0. The normalized spacial score (nSPS) is 9.29. The second-order valence-corrected chi connectivity index (χ2v) is 2.62. The highest BCUT2D eigenvalue weighted by Crippen LogP contribution is 2.31. The monoisotopic (exact) mass is 216 g/mol. The lowest BCUT2D eigenvalue weighted by atomic mass is 10.2. The molecule has 0 radical (unpaired) electrons. The molecular formula is C7H2ClFN2O3. The maximum absolute atomic E-state index is 12.9. The average molecular weight is 217 g/mol. The van der Waals surface area contributed by atoms with Crippen LogP contribution in [0.4, 0.5) is 15.8 Å². The number of carbonyl (C=O) groups excluding carboxylic acids is 1. The molecule has 0 N–H and O–H groups in total. The van der Waals surface area contributed by atoms with Gasteiger partial charge in [-0.15, -0.1) is 0 Å². The van der Waals surface area contributed by atoms with Gasteiger partial charge in [0.1, 0.15) is 10.7 Å². The van der Waals surface area contributed by atoms with E-state index in [2.05, 4.69) is 4.99 Å². The highest BCUT2D eigenvalue weighted by Gasteiger charge is 2.16. The molecule has 0 aliphatic carbocycles. The SMILES string of the molecule is O=C=Nc1cc([N+](=O)[O-])c(Cl)cc1F. The fourth-order valence-electron chi connectivity index (χ4n) is 0.801. The first-order valence-corrected chi connectivity index (χ1v) is 3.65. The quantitative estimate of drug-likeness (QED) is 0.330. The van der Waals surface area contributed by atoms with Crippen molar-refractivity contribution in [3.05, 3.63) is 33.1 Å². The molecule has 0 aromatic heterocycles. The van der Waals surface area contributed by atoms with Crippen LogP contribution in [0.25, 0.3) is 0 Å². The first-order valence-electron chi connectivity index (χ1n) is 3.27. The molecule has 1 rings (SSSR count). The minimum absolute atomic E-state index is 0.350. The van der Waals surface area contributed by atoms with Crippen LogP contribution in [0.15, 0.2) is 17.1 Å². The number of halogens is 2. The number of hydrogen-bond acceptors (Lipinski definition) is 4. The van der Waals surface area contributed by atoms with Gasteiger partial charge in [-0.05, 0) is 0 Å². The zero-order valence-electron chi connectivity index (χ0n) is 6.53. The number of aliphatic imine (C=N–C) groups is 1. The van der Waals surface area contributed by atoms with Gasteiger partial charge in [0.25, 0.3) is 5.69 Å². The summed E-state index contributed by atoms with van der Waals surface area (Å²) in [5.74, 6) is -0.913. The highest BCUT2D eigenvalue weighted by molar-refractivity contribution is 6.32. The van der Waals surface area contributed by atoms with E-state index < -0.39 is 22.1 Å². The summed E-state index contributed by atoms with van der Waals surface area (Å²) in [7, 11) is 0. The van der Waals surface area contributed by atoms with E-state index in [-0.39, 0.29) is 5.02 Å². The van der Waals surface area contributed by atoms with Crippen molar-refractivity contribution in [2.75, 3.05) is 0 Å². The smallest absolute Gasteiger partial charge is 0.258 e. The van der Waals surface area contributed by atoms with Crippen LogP contribution < -0.4 is 0 Å². The van der Waals surface area contributed by atoms with Crippen molar-refractivity contribution in [1.82, 2.24) is 0 Å². The lowest BCUT2D eigenvalue weighted by Crippen LogP contribution is -1.90. The molecule has 5 nitrogen and oxygen atoms in total. The highest BCUT2D eigenvalue weighted by atomic mass is 35.5. The van der Waals surface area contributed by atoms with Crippen molar-refractivity contribution in [3.63, 3.8) is 0 Å². The molecule has 0 saturated carbocycles. The van der Waals surface area contributed by atoms with E-state index in [1.165, 1.54) is 0 Å². The molecule has 0 heterocycles. The molecule has 7 heteroatoms. The maximum atomic E-state index is 12.9. The van der Waals surface area contributed by atoms with Gasteiger partial charge < -0.3 is 0 Å². The molecule has 72 valence electrons. The molecule has 0 atom stereocenters. The summed E-state index contributed by atoms with van der Waals surface area (Å²) in [6.07, 6.45) is 1.08. The number of nitro benzene ring substituents is 1. The largest absolute Gasteiger partial charge is 0.290 e. The molecule has 1 aromatic rings. The third-order valence-corrected chi connectivity index (χ3v) is 1.68. The van der Waals surface area contributed by atoms with Crippen molar-refractivity contribution in [2.45, 2.75) is 0 Å². The summed E-state index contributed by atoms with van der Waals surface area (Å²) in [5, 5.41) is 10.00. The second kappa shape index (κ2) is 3.95. The summed E-state index contributed by atoms with van der Waals surface area (Å²) in [6, 6.07) is 1.48. The van der Waals surface area contributed by atoms with Gasteiger partial charge in [0.2, 0.25) is 6.08 Å². The maximum Gasteiger partial charge on any atom is 0.290 e. The van der Waals surface area contributed by atoms with E-state index in [4.69, 9.17) is 11.6 Å². The van der Waals surface area contributed by atoms with Gasteiger partial charge in [-0.25, -0.2) is 9.18 Å². The Morgan fingerprint density at radius 1 is 1.57 bits per heavy atom. The Labute approximate surface area is 82.0 Å². The molecule has 1 aromatic carbocycles. The molecule has 0 aliphatic heterocycles. The van der Waals surface area contributed by atoms with Gasteiger partial charge >= 0.3 is 0 Å². The van der Waals surface area contributed by atoms with Crippen LogP contribution in [0, 0.1) is 15.9 Å². The van der Waals surface area contributed by atoms with Crippen molar-refractivity contribution in [3.8, 4) is 0 Å². The van der Waals surface area contributed by atoms with Crippen molar-refractivity contribution in [2.24, 2.45) is 4.99 Å². The fourth-order valence-corrected chi connectivity index (χ4v) is 1.02. The Kier molecular flexibility index (Phi) is 2.91. The van der Waals surface area contributed by atoms with Crippen LogP contribution in [-0.4, -0.2) is 11.0 Å². The van der Waals surface area contributed by atoms with Crippen LogP contribution in [0.3, 0.4) is 0 Å². The predicted octanol–water partition coefficient (Wildman–Crippen LogP) is 2.35. The van der Waals surface area contributed by atoms with E-state index in [1.54, 1.807) is 0 Å². The minimum atomic E-state index is -0.913. The molecule has 0 bridgehead atoms. The van der Waals surface area contributed by atoms with Crippen LogP contribution in [-0.2, 0) is 4.79 Å². The number of rotatable bonds is 2. The lowest BCUT2D eigenvalue weighted by Gasteiger charge is -1.97. The van der Waals surface area contributed by atoms with E-state index in [1.807, 2.05) is 0 Å². The Morgan fingerprint density at radius 3 is 2.71 bits per heavy atom. The van der Waals surface area contributed by atoms with E-state index in [0.717, 1.165) is 18.2 Å². The Bertz CT molecular complexity index is 420. The number of nitro groups is 1. The van der Waals surface area contributed by atoms with Crippen LogP contribution in [0.1, 0.15) is 0 Å². The molecule has 0 unspecified atom stereocenters. The van der Waals surface area contributed by atoms with Gasteiger partial charge in [-0.2, -0.15) is 4.99 Å². The molecule has 0 amide bonds. The van der Waals surface area contributed by atoms with Gasteiger partial charge in [-0.1, -0.05) is 11.6 Å². The van der Waals surface area contributed by atoms with Crippen LogP contribution in [0.5, 0.6) is 0 Å². The van der Waals surface area contributed by atoms with Crippen molar-refractivity contribution in [1.29, 1.82) is 0 Å². The number of isocyanates is 1. The van der Waals surface area contributed by atoms with Gasteiger partial charge in [-0.3, -0.25) is 10.1 Å². The Hall–Kier alpha value is -1.78. The van der Waals surface area contributed by atoms with Crippen LogP contribution in [0.2, 0.25) is 5.02 Å². The van der Waals surface area contributed by atoms with E-state index in [0.29, 0.717) is 0 Å². The van der Waals surface area contributed by atoms with E-state index in [9.17, 15) is 19.3 Å². The molecule has 0 fully saturated rings. The molecule has 14 heavy (non-hydrogen) atoms. The van der Waals surface area contributed by atoms with Gasteiger partial charge in [0, 0.05) is 12.1 Å². The zero-order chi connectivity index (χ0) is 10.7.